The molecule has 1 aliphatic rings. The van der Waals surface area contributed by atoms with E-state index in [9.17, 15) is 14.7 Å². The van der Waals surface area contributed by atoms with Gasteiger partial charge >= 0.3 is 0 Å². The number of aromatic hydroxyl groups is 1. The van der Waals surface area contributed by atoms with Crippen molar-refractivity contribution in [2.45, 2.75) is 18.9 Å². The van der Waals surface area contributed by atoms with E-state index in [1.165, 1.54) is 0 Å². The fraction of sp³-hybridized carbons (Fsp3) is 0.176. The van der Waals surface area contributed by atoms with Crippen LogP contribution in [0.3, 0.4) is 0 Å². The van der Waals surface area contributed by atoms with E-state index < -0.39 is 0 Å². The molecule has 1 aliphatic carbocycles. The van der Waals surface area contributed by atoms with Crippen molar-refractivity contribution in [2.75, 3.05) is 0 Å². The summed E-state index contributed by atoms with van der Waals surface area (Å²) < 4.78 is 0. The van der Waals surface area contributed by atoms with Crippen molar-refractivity contribution in [2.24, 2.45) is 0 Å². The Labute approximate surface area is 122 Å². The first-order valence-corrected chi connectivity index (χ1v) is 6.87. The first-order chi connectivity index (χ1) is 10.2. The highest BCUT2D eigenvalue weighted by Crippen LogP contribution is 2.32. The molecule has 3 rings (SSSR count). The Balaban J connectivity index is 1.95. The number of carbonyl (C=O) groups is 2. The molecule has 0 bridgehead atoms. The lowest BCUT2D eigenvalue weighted by atomic mass is 10.00. The molecule has 4 heteroatoms. The molecule has 0 heterocycles. The summed E-state index contributed by atoms with van der Waals surface area (Å²) in [5.41, 5.74) is 2.04. The molecular weight excluding hydrogens is 266 g/mol. The van der Waals surface area contributed by atoms with E-state index in [0.29, 0.717) is 29.0 Å². The summed E-state index contributed by atoms with van der Waals surface area (Å²) in [6.07, 6.45) is 2.68. The molecule has 1 amide bonds. The molecule has 0 spiro atoms. The van der Waals surface area contributed by atoms with Crippen molar-refractivity contribution >= 4 is 12.2 Å². The minimum Gasteiger partial charge on any atom is -0.507 e. The number of hydrogen-bond acceptors (Lipinski definition) is 3. The van der Waals surface area contributed by atoms with Gasteiger partial charge in [-0.05, 0) is 36.6 Å². The first kappa shape index (κ1) is 13.4. The standard InChI is InChI=1S/C17H15NO3/c19-10-13-5-2-6-15(16(13)20)11-3-1-4-12(9-11)17(21)18-14-7-8-14/h1-6,9-10,14,20H,7-8H2,(H,18,21). The zero-order chi connectivity index (χ0) is 14.8. The summed E-state index contributed by atoms with van der Waals surface area (Å²) in [6, 6.07) is 12.3. The predicted molar refractivity (Wildman–Crippen MR) is 79.4 cm³/mol. The van der Waals surface area contributed by atoms with Crippen LogP contribution in [0.4, 0.5) is 0 Å². The second kappa shape index (κ2) is 5.40. The maximum Gasteiger partial charge on any atom is 0.251 e. The van der Waals surface area contributed by atoms with Crippen LogP contribution in [0.1, 0.15) is 33.6 Å². The maximum absolute atomic E-state index is 12.1. The smallest absolute Gasteiger partial charge is 0.251 e. The highest BCUT2D eigenvalue weighted by molar-refractivity contribution is 5.96. The summed E-state index contributed by atoms with van der Waals surface area (Å²) in [5.74, 6) is -0.169. The Morgan fingerprint density at radius 3 is 2.67 bits per heavy atom. The van der Waals surface area contributed by atoms with Crippen molar-refractivity contribution in [3.05, 3.63) is 53.6 Å². The number of benzene rings is 2. The molecule has 1 fully saturated rings. The Kier molecular flexibility index (Phi) is 3.44. The molecule has 2 N–H and O–H groups in total. The average Bonchev–Trinajstić information content (AvgIpc) is 3.31. The molecule has 21 heavy (non-hydrogen) atoms. The molecule has 0 atom stereocenters. The second-order valence-electron chi connectivity index (χ2n) is 5.19. The molecule has 106 valence electrons. The van der Waals surface area contributed by atoms with Gasteiger partial charge in [0.05, 0.1) is 5.56 Å². The molecule has 0 radical (unpaired) electrons. The molecule has 0 aliphatic heterocycles. The van der Waals surface area contributed by atoms with Crippen LogP contribution in [-0.2, 0) is 0 Å². The highest BCUT2D eigenvalue weighted by Gasteiger charge is 2.23. The Bertz CT molecular complexity index is 705. The summed E-state index contributed by atoms with van der Waals surface area (Å²) in [4.78, 5) is 22.9. The molecule has 1 saturated carbocycles. The molecule has 4 nitrogen and oxygen atoms in total. The zero-order valence-electron chi connectivity index (χ0n) is 11.4. The third-order valence-electron chi connectivity index (χ3n) is 3.54. The van der Waals surface area contributed by atoms with E-state index in [2.05, 4.69) is 5.32 Å². The number of nitrogens with one attached hydrogen (secondary N) is 1. The van der Waals surface area contributed by atoms with Crippen molar-refractivity contribution < 1.29 is 14.7 Å². The topological polar surface area (TPSA) is 66.4 Å². The summed E-state index contributed by atoms with van der Waals surface area (Å²) in [6.45, 7) is 0. The van der Waals surface area contributed by atoms with Crippen molar-refractivity contribution in [1.29, 1.82) is 0 Å². The van der Waals surface area contributed by atoms with Crippen LogP contribution in [0.15, 0.2) is 42.5 Å². The lowest BCUT2D eigenvalue weighted by molar-refractivity contribution is 0.0950. The molecule has 2 aromatic rings. The average molecular weight is 281 g/mol. The molecular formula is C17H15NO3. The van der Waals surface area contributed by atoms with E-state index >= 15 is 0 Å². The maximum atomic E-state index is 12.1. The van der Waals surface area contributed by atoms with Gasteiger partial charge in [-0.25, -0.2) is 0 Å². The summed E-state index contributed by atoms with van der Waals surface area (Å²) >= 11 is 0. The second-order valence-corrected chi connectivity index (χ2v) is 5.19. The fourth-order valence-electron chi connectivity index (χ4n) is 2.21. The van der Waals surface area contributed by atoms with Crippen LogP contribution in [0, 0.1) is 0 Å². The summed E-state index contributed by atoms with van der Waals surface area (Å²) in [5, 5.41) is 13.0. The lowest BCUT2D eigenvalue weighted by Crippen LogP contribution is -2.25. The SMILES string of the molecule is O=Cc1cccc(-c2cccc(C(=O)NC3CC3)c2)c1O. The number of carbonyl (C=O) groups excluding carboxylic acids is 2. The largest absolute Gasteiger partial charge is 0.507 e. The van der Waals surface area contributed by atoms with Gasteiger partial charge in [0.1, 0.15) is 5.75 Å². The number of rotatable bonds is 4. The van der Waals surface area contributed by atoms with Gasteiger partial charge in [0.15, 0.2) is 6.29 Å². The Morgan fingerprint density at radius 1 is 1.19 bits per heavy atom. The van der Waals surface area contributed by atoms with Crippen molar-refractivity contribution in [3.8, 4) is 16.9 Å². The third-order valence-corrected chi connectivity index (χ3v) is 3.54. The number of phenols is 1. The van der Waals surface area contributed by atoms with E-state index in [1.807, 2.05) is 0 Å². The van der Waals surface area contributed by atoms with Gasteiger partial charge in [0.2, 0.25) is 0 Å². The van der Waals surface area contributed by atoms with Gasteiger partial charge in [0, 0.05) is 17.2 Å². The fourth-order valence-corrected chi connectivity index (χ4v) is 2.21. The number of phenolic OH excluding ortho intramolecular Hbond substituents is 1. The van der Waals surface area contributed by atoms with Gasteiger partial charge < -0.3 is 10.4 Å². The quantitative estimate of drug-likeness (QED) is 0.847. The number of aldehydes is 1. The first-order valence-electron chi connectivity index (χ1n) is 6.87. The van der Waals surface area contributed by atoms with Crippen LogP contribution < -0.4 is 5.32 Å². The monoisotopic (exact) mass is 281 g/mol. The number of amides is 1. The third kappa shape index (κ3) is 2.79. The lowest BCUT2D eigenvalue weighted by Gasteiger charge is -2.09. The zero-order valence-corrected chi connectivity index (χ0v) is 11.4. The van der Waals surface area contributed by atoms with Crippen LogP contribution >= 0.6 is 0 Å². The normalized spacial score (nSPS) is 13.7. The van der Waals surface area contributed by atoms with E-state index in [1.54, 1.807) is 42.5 Å². The molecule has 0 aromatic heterocycles. The predicted octanol–water partition coefficient (Wildman–Crippen LogP) is 2.76. The van der Waals surface area contributed by atoms with E-state index in [0.717, 1.165) is 12.8 Å². The summed E-state index contributed by atoms with van der Waals surface area (Å²) in [7, 11) is 0. The van der Waals surface area contributed by atoms with Gasteiger partial charge in [-0.3, -0.25) is 9.59 Å². The Hall–Kier alpha value is -2.62. The van der Waals surface area contributed by atoms with Crippen LogP contribution in [0.2, 0.25) is 0 Å². The van der Waals surface area contributed by atoms with Gasteiger partial charge in [-0.2, -0.15) is 0 Å². The molecule has 2 aromatic carbocycles. The highest BCUT2D eigenvalue weighted by atomic mass is 16.3. The molecule has 0 saturated heterocycles. The minimum atomic E-state index is -0.106. The van der Waals surface area contributed by atoms with Crippen LogP contribution in [-0.4, -0.2) is 23.3 Å². The number of para-hydroxylation sites is 1. The van der Waals surface area contributed by atoms with Gasteiger partial charge in [-0.15, -0.1) is 0 Å². The Morgan fingerprint density at radius 2 is 1.95 bits per heavy atom. The van der Waals surface area contributed by atoms with Crippen LogP contribution in [0.5, 0.6) is 5.75 Å². The van der Waals surface area contributed by atoms with Gasteiger partial charge in [-0.1, -0.05) is 24.3 Å². The number of hydrogen-bond donors (Lipinski definition) is 2. The molecule has 0 unspecified atom stereocenters. The van der Waals surface area contributed by atoms with Crippen molar-refractivity contribution in [3.63, 3.8) is 0 Å². The van der Waals surface area contributed by atoms with Gasteiger partial charge in [0.25, 0.3) is 5.91 Å². The van der Waals surface area contributed by atoms with Crippen LogP contribution in [0.25, 0.3) is 11.1 Å². The minimum absolute atomic E-state index is 0.0627. The van der Waals surface area contributed by atoms with E-state index in [4.69, 9.17) is 0 Å². The van der Waals surface area contributed by atoms with Crippen molar-refractivity contribution in [1.82, 2.24) is 5.32 Å². The van der Waals surface area contributed by atoms with E-state index in [-0.39, 0.29) is 17.2 Å².